The molecule has 0 aliphatic carbocycles. The van der Waals surface area contributed by atoms with Gasteiger partial charge in [0.2, 0.25) is 0 Å². The van der Waals surface area contributed by atoms with Crippen LogP contribution >= 0.6 is 0 Å². The van der Waals surface area contributed by atoms with Gasteiger partial charge in [-0.1, -0.05) is 26.0 Å². The standard InChI is InChI=1S/C20H21N3O4/c1-12(2)13-4-6-14(7-5-13)22-19(24)21-17-11-20(22,3)27-18-9-8-15(23(25)26)10-16(17)18/h4-10,12,17H,11H2,1-3H3,(H,21,24)/t17-,20-/m1/s1. The minimum atomic E-state index is -0.866. The SMILES string of the molecule is CC(C)c1ccc(N2C(=O)N[C@@H]3C[C@@]2(C)Oc2ccc([N+](=O)[O-])cc23)cc1. The summed E-state index contributed by atoms with van der Waals surface area (Å²) in [4.78, 5) is 25.1. The van der Waals surface area contributed by atoms with E-state index in [0.29, 0.717) is 23.7 Å². The molecular weight excluding hydrogens is 346 g/mol. The smallest absolute Gasteiger partial charge is 0.325 e. The number of ether oxygens (including phenoxy) is 1. The first-order valence-corrected chi connectivity index (χ1v) is 8.96. The number of anilines is 1. The van der Waals surface area contributed by atoms with Gasteiger partial charge in [0, 0.05) is 29.8 Å². The van der Waals surface area contributed by atoms with Crippen LogP contribution in [0.3, 0.4) is 0 Å². The highest BCUT2D eigenvalue weighted by Crippen LogP contribution is 2.46. The fraction of sp³-hybridized carbons (Fsp3) is 0.350. The van der Waals surface area contributed by atoms with Crippen LogP contribution in [0.25, 0.3) is 0 Å². The molecular formula is C20H21N3O4. The van der Waals surface area contributed by atoms with Crippen molar-refractivity contribution in [2.75, 3.05) is 4.90 Å². The van der Waals surface area contributed by atoms with E-state index in [1.807, 2.05) is 31.2 Å². The maximum Gasteiger partial charge on any atom is 0.325 e. The van der Waals surface area contributed by atoms with Crippen molar-refractivity contribution >= 4 is 17.4 Å². The monoisotopic (exact) mass is 367 g/mol. The van der Waals surface area contributed by atoms with Gasteiger partial charge in [0.25, 0.3) is 5.69 Å². The summed E-state index contributed by atoms with van der Waals surface area (Å²) in [6, 6.07) is 11.8. The van der Waals surface area contributed by atoms with Crippen LogP contribution in [-0.2, 0) is 0 Å². The van der Waals surface area contributed by atoms with Crippen LogP contribution in [-0.4, -0.2) is 16.7 Å². The van der Waals surface area contributed by atoms with E-state index in [1.54, 1.807) is 11.0 Å². The molecule has 7 heteroatoms. The second-order valence-electron chi connectivity index (χ2n) is 7.54. The molecule has 1 N–H and O–H groups in total. The summed E-state index contributed by atoms with van der Waals surface area (Å²) in [5.41, 5.74) is 1.71. The molecule has 0 spiro atoms. The Labute approximate surface area is 157 Å². The van der Waals surface area contributed by atoms with Gasteiger partial charge in [-0.05, 0) is 36.6 Å². The molecule has 2 aliphatic heterocycles. The maximum absolute atomic E-state index is 12.9. The number of fused-ring (bicyclic) bond motifs is 4. The zero-order chi connectivity index (χ0) is 19.3. The highest BCUT2D eigenvalue weighted by atomic mass is 16.6. The van der Waals surface area contributed by atoms with Gasteiger partial charge in [-0.25, -0.2) is 4.79 Å². The highest BCUT2D eigenvalue weighted by Gasteiger charge is 2.50. The summed E-state index contributed by atoms with van der Waals surface area (Å²) in [7, 11) is 0. The molecule has 140 valence electrons. The van der Waals surface area contributed by atoms with Gasteiger partial charge in [-0.3, -0.25) is 15.0 Å². The van der Waals surface area contributed by atoms with Crippen molar-refractivity contribution in [1.82, 2.24) is 5.32 Å². The van der Waals surface area contributed by atoms with Crippen molar-refractivity contribution in [3.63, 3.8) is 0 Å². The number of nitro benzene ring substituents is 1. The Kier molecular flexibility index (Phi) is 3.83. The van der Waals surface area contributed by atoms with Crippen molar-refractivity contribution in [2.45, 2.75) is 44.9 Å². The molecule has 2 aliphatic rings. The van der Waals surface area contributed by atoms with Crippen molar-refractivity contribution in [3.05, 3.63) is 63.7 Å². The molecule has 2 aromatic carbocycles. The van der Waals surface area contributed by atoms with Gasteiger partial charge < -0.3 is 10.1 Å². The van der Waals surface area contributed by atoms with Gasteiger partial charge in [0.15, 0.2) is 5.72 Å². The van der Waals surface area contributed by atoms with E-state index in [0.717, 1.165) is 5.69 Å². The number of nitro groups is 1. The molecule has 1 saturated heterocycles. The van der Waals surface area contributed by atoms with Crippen LogP contribution < -0.4 is 15.0 Å². The largest absolute Gasteiger partial charge is 0.467 e. The summed E-state index contributed by atoms with van der Waals surface area (Å²) in [5, 5.41) is 14.0. The summed E-state index contributed by atoms with van der Waals surface area (Å²) < 4.78 is 6.18. The van der Waals surface area contributed by atoms with E-state index in [9.17, 15) is 14.9 Å². The van der Waals surface area contributed by atoms with Gasteiger partial charge in [-0.15, -0.1) is 0 Å². The van der Waals surface area contributed by atoms with Gasteiger partial charge in [0.1, 0.15) is 5.75 Å². The number of benzene rings is 2. The molecule has 7 nitrogen and oxygen atoms in total. The number of carbonyl (C=O) groups excluding carboxylic acids is 1. The van der Waals surface area contributed by atoms with Crippen molar-refractivity contribution in [1.29, 1.82) is 0 Å². The minimum Gasteiger partial charge on any atom is -0.467 e. The fourth-order valence-electron chi connectivity index (χ4n) is 3.87. The molecule has 2 amide bonds. The molecule has 0 radical (unpaired) electrons. The number of hydrogen-bond acceptors (Lipinski definition) is 4. The number of rotatable bonds is 3. The lowest BCUT2D eigenvalue weighted by Gasteiger charge is -2.50. The van der Waals surface area contributed by atoms with Crippen LogP contribution in [0.2, 0.25) is 0 Å². The number of amides is 2. The van der Waals surface area contributed by atoms with Crippen LogP contribution in [0, 0.1) is 10.1 Å². The Morgan fingerprint density at radius 3 is 2.59 bits per heavy atom. The maximum atomic E-state index is 12.9. The van der Waals surface area contributed by atoms with Crippen LogP contribution in [0.15, 0.2) is 42.5 Å². The summed E-state index contributed by atoms with van der Waals surface area (Å²) in [5.74, 6) is 0.964. The fourth-order valence-corrected chi connectivity index (χ4v) is 3.87. The van der Waals surface area contributed by atoms with E-state index >= 15 is 0 Å². The summed E-state index contributed by atoms with van der Waals surface area (Å²) >= 11 is 0. The third-order valence-electron chi connectivity index (χ3n) is 5.28. The van der Waals surface area contributed by atoms with Gasteiger partial charge in [0.05, 0.1) is 11.0 Å². The molecule has 1 fully saturated rings. The minimum absolute atomic E-state index is 0.0121. The lowest BCUT2D eigenvalue weighted by molar-refractivity contribution is -0.385. The second kappa shape index (κ2) is 5.97. The normalized spacial score (nSPS) is 23.5. The van der Waals surface area contributed by atoms with Crippen LogP contribution in [0.1, 0.15) is 50.3 Å². The third kappa shape index (κ3) is 2.79. The van der Waals surface area contributed by atoms with E-state index in [2.05, 4.69) is 19.2 Å². The van der Waals surface area contributed by atoms with Crippen LogP contribution in [0.5, 0.6) is 5.75 Å². The van der Waals surface area contributed by atoms with E-state index in [1.165, 1.54) is 17.7 Å². The first kappa shape index (κ1) is 17.3. The topological polar surface area (TPSA) is 84.7 Å². The van der Waals surface area contributed by atoms with Gasteiger partial charge >= 0.3 is 6.03 Å². The number of nitrogens with one attached hydrogen (secondary N) is 1. The molecule has 0 saturated carbocycles. The Hall–Kier alpha value is -3.09. The van der Waals surface area contributed by atoms with Crippen molar-refractivity contribution in [2.24, 2.45) is 0 Å². The first-order chi connectivity index (χ1) is 12.8. The predicted octanol–water partition coefficient (Wildman–Crippen LogP) is 4.49. The Bertz CT molecular complexity index is 925. The number of urea groups is 1. The Morgan fingerprint density at radius 2 is 1.96 bits per heavy atom. The predicted molar refractivity (Wildman–Crippen MR) is 101 cm³/mol. The quantitative estimate of drug-likeness (QED) is 0.640. The average Bonchev–Trinajstić information content (AvgIpc) is 2.61. The third-order valence-corrected chi connectivity index (χ3v) is 5.28. The van der Waals surface area contributed by atoms with Crippen molar-refractivity contribution < 1.29 is 14.5 Å². The molecule has 0 unspecified atom stereocenters. The molecule has 2 heterocycles. The number of nitrogens with zero attached hydrogens (tertiary/aromatic N) is 2. The summed E-state index contributed by atoms with van der Waals surface area (Å²) in [6.45, 7) is 6.11. The molecule has 0 aromatic heterocycles. The van der Waals surface area contributed by atoms with Crippen LogP contribution in [0.4, 0.5) is 16.2 Å². The Morgan fingerprint density at radius 1 is 1.26 bits per heavy atom. The average molecular weight is 367 g/mol. The molecule has 2 aromatic rings. The van der Waals surface area contributed by atoms with E-state index in [4.69, 9.17) is 4.74 Å². The summed E-state index contributed by atoms with van der Waals surface area (Å²) in [6.07, 6.45) is 0.499. The van der Waals surface area contributed by atoms with Crippen molar-refractivity contribution in [3.8, 4) is 5.75 Å². The van der Waals surface area contributed by atoms with E-state index < -0.39 is 10.6 Å². The lowest BCUT2D eigenvalue weighted by Crippen LogP contribution is -2.65. The lowest BCUT2D eigenvalue weighted by atomic mass is 9.89. The number of carbonyl (C=O) groups is 1. The van der Waals surface area contributed by atoms with Gasteiger partial charge in [-0.2, -0.15) is 0 Å². The van der Waals surface area contributed by atoms with E-state index in [-0.39, 0.29) is 17.8 Å². The first-order valence-electron chi connectivity index (χ1n) is 8.96. The molecule has 2 atom stereocenters. The second-order valence-corrected chi connectivity index (χ2v) is 7.54. The highest BCUT2D eigenvalue weighted by molar-refractivity contribution is 5.95. The molecule has 27 heavy (non-hydrogen) atoms. The molecule has 2 bridgehead atoms. The Balaban J connectivity index is 1.72. The number of hydrogen-bond donors (Lipinski definition) is 1. The zero-order valence-corrected chi connectivity index (χ0v) is 15.4. The zero-order valence-electron chi connectivity index (χ0n) is 15.4. The number of non-ortho nitro benzene ring substituents is 1. The molecule has 4 rings (SSSR count).